The van der Waals surface area contributed by atoms with E-state index in [-0.39, 0.29) is 16.6 Å². The standard InChI is InChI=1S/C27H24ClN3O3/c1-4-30(21-11-6-5-7-12-21)25(32)19-9-8-10-20(16-19)29-24-23(28)26(33)31(27(24)34)22-15-17(2)13-14-18(22)3/h5-16,29H,4H2,1-3H3. The predicted octanol–water partition coefficient (Wildman–Crippen LogP) is 5.41. The summed E-state index contributed by atoms with van der Waals surface area (Å²) in [6.45, 7) is 6.12. The molecular weight excluding hydrogens is 450 g/mol. The lowest BCUT2D eigenvalue weighted by Gasteiger charge is -2.21. The quantitative estimate of drug-likeness (QED) is 0.486. The number of aryl methyl sites for hydroxylation is 2. The van der Waals surface area contributed by atoms with Gasteiger partial charge in [0.15, 0.2) is 0 Å². The highest BCUT2D eigenvalue weighted by Gasteiger charge is 2.39. The predicted molar refractivity (Wildman–Crippen MR) is 135 cm³/mol. The van der Waals surface area contributed by atoms with Crippen molar-refractivity contribution in [1.29, 1.82) is 0 Å². The summed E-state index contributed by atoms with van der Waals surface area (Å²) in [5.74, 6) is -1.31. The van der Waals surface area contributed by atoms with E-state index < -0.39 is 11.8 Å². The highest BCUT2D eigenvalue weighted by Crippen LogP contribution is 2.32. The van der Waals surface area contributed by atoms with E-state index in [1.54, 1.807) is 35.2 Å². The number of nitrogens with zero attached hydrogens (tertiary/aromatic N) is 2. The Morgan fingerprint density at radius 1 is 0.941 bits per heavy atom. The van der Waals surface area contributed by atoms with Gasteiger partial charge < -0.3 is 10.2 Å². The van der Waals surface area contributed by atoms with Crippen molar-refractivity contribution in [3.05, 3.63) is 100 Å². The molecule has 0 bridgehead atoms. The maximum absolute atomic E-state index is 13.2. The molecule has 0 spiro atoms. The first-order valence-corrected chi connectivity index (χ1v) is 11.3. The number of nitrogens with one attached hydrogen (secondary N) is 1. The third-order valence-electron chi connectivity index (χ3n) is 5.64. The van der Waals surface area contributed by atoms with Crippen LogP contribution in [0.4, 0.5) is 17.1 Å². The van der Waals surface area contributed by atoms with Crippen LogP contribution in [0.15, 0.2) is 83.5 Å². The van der Waals surface area contributed by atoms with Gasteiger partial charge in [-0.3, -0.25) is 14.4 Å². The van der Waals surface area contributed by atoms with Crippen molar-refractivity contribution in [3.63, 3.8) is 0 Å². The Labute approximate surface area is 203 Å². The van der Waals surface area contributed by atoms with Crippen molar-refractivity contribution in [1.82, 2.24) is 0 Å². The second kappa shape index (κ2) is 9.53. The van der Waals surface area contributed by atoms with Gasteiger partial charge in [0, 0.05) is 23.5 Å². The topological polar surface area (TPSA) is 69.7 Å². The molecule has 0 aromatic heterocycles. The van der Waals surface area contributed by atoms with Crippen molar-refractivity contribution in [2.75, 3.05) is 21.7 Å². The number of carbonyl (C=O) groups excluding carboxylic acids is 3. The van der Waals surface area contributed by atoms with Crippen LogP contribution < -0.4 is 15.1 Å². The fourth-order valence-electron chi connectivity index (χ4n) is 3.87. The van der Waals surface area contributed by atoms with E-state index in [1.807, 2.05) is 63.2 Å². The van der Waals surface area contributed by atoms with Crippen LogP contribution in [0.2, 0.25) is 0 Å². The molecule has 1 N–H and O–H groups in total. The second-order valence-electron chi connectivity index (χ2n) is 8.02. The molecule has 0 saturated carbocycles. The summed E-state index contributed by atoms with van der Waals surface area (Å²) >= 11 is 6.30. The van der Waals surface area contributed by atoms with Crippen LogP contribution in [-0.2, 0) is 9.59 Å². The third-order valence-corrected chi connectivity index (χ3v) is 5.99. The van der Waals surface area contributed by atoms with E-state index in [9.17, 15) is 14.4 Å². The summed E-state index contributed by atoms with van der Waals surface area (Å²) < 4.78 is 0. The maximum atomic E-state index is 13.2. The van der Waals surface area contributed by atoms with Crippen LogP contribution in [0.25, 0.3) is 0 Å². The minimum atomic E-state index is -0.587. The van der Waals surface area contributed by atoms with Gasteiger partial charge in [-0.25, -0.2) is 4.90 Å². The van der Waals surface area contributed by atoms with Gasteiger partial charge in [0.1, 0.15) is 10.7 Å². The first kappa shape index (κ1) is 23.3. The normalized spacial score (nSPS) is 13.5. The van der Waals surface area contributed by atoms with Crippen LogP contribution in [0.3, 0.4) is 0 Å². The Kier molecular flexibility index (Phi) is 6.52. The lowest BCUT2D eigenvalue weighted by atomic mass is 10.1. The molecular formula is C27H24ClN3O3. The number of hydrogen-bond donors (Lipinski definition) is 1. The second-order valence-corrected chi connectivity index (χ2v) is 8.39. The number of amides is 3. The summed E-state index contributed by atoms with van der Waals surface area (Å²) in [5.41, 5.74) is 3.89. The fourth-order valence-corrected chi connectivity index (χ4v) is 4.08. The monoisotopic (exact) mass is 473 g/mol. The zero-order valence-electron chi connectivity index (χ0n) is 19.1. The summed E-state index contributed by atoms with van der Waals surface area (Å²) in [6.07, 6.45) is 0. The number of carbonyl (C=O) groups is 3. The van der Waals surface area contributed by atoms with Gasteiger partial charge in [-0.2, -0.15) is 0 Å². The summed E-state index contributed by atoms with van der Waals surface area (Å²) in [6, 6.07) is 21.7. The van der Waals surface area contributed by atoms with Crippen LogP contribution >= 0.6 is 11.6 Å². The van der Waals surface area contributed by atoms with Crippen LogP contribution in [0.5, 0.6) is 0 Å². The molecule has 0 atom stereocenters. The van der Waals surface area contributed by atoms with Crippen LogP contribution in [0.1, 0.15) is 28.4 Å². The van der Waals surface area contributed by atoms with Crippen LogP contribution in [0, 0.1) is 13.8 Å². The molecule has 3 aromatic carbocycles. The van der Waals surface area contributed by atoms with Gasteiger partial charge in [-0.15, -0.1) is 0 Å². The maximum Gasteiger partial charge on any atom is 0.283 e. The van der Waals surface area contributed by atoms with Crippen LogP contribution in [-0.4, -0.2) is 24.3 Å². The van der Waals surface area contributed by atoms with E-state index >= 15 is 0 Å². The number of imide groups is 1. The van der Waals surface area contributed by atoms with Crippen molar-refractivity contribution in [3.8, 4) is 0 Å². The smallest absolute Gasteiger partial charge is 0.283 e. The Morgan fingerprint density at radius 2 is 1.68 bits per heavy atom. The average Bonchev–Trinajstić information content (AvgIpc) is 3.05. The van der Waals surface area contributed by atoms with Gasteiger partial charge in [-0.1, -0.05) is 48.0 Å². The highest BCUT2D eigenvalue weighted by atomic mass is 35.5. The molecule has 3 amide bonds. The average molecular weight is 474 g/mol. The number of benzene rings is 3. The van der Waals surface area contributed by atoms with Crippen molar-refractivity contribution in [2.24, 2.45) is 0 Å². The molecule has 6 nitrogen and oxygen atoms in total. The van der Waals surface area contributed by atoms with E-state index in [4.69, 9.17) is 11.6 Å². The van der Waals surface area contributed by atoms with Gasteiger partial charge in [0.25, 0.3) is 17.7 Å². The molecule has 4 rings (SSSR count). The fraction of sp³-hybridized carbons (Fsp3) is 0.148. The number of rotatable bonds is 6. The number of hydrogen-bond acceptors (Lipinski definition) is 4. The molecule has 7 heteroatoms. The summed E-state index contributed by atoms with van der Waals surface area (Å²) in [7, 11) is 0. The van der Waals surface area contributed by atoms with Gasteiger partial charge in [-0.05, 0) is 68.3 Å². The largest absolute Gasteiger partial charge is 0.350 e. The first-order chi connectivity index (χ1) is 16.3. The van der Waals surface area contributed by atoms with E-state index in [2.05, 4.69) is 5.32 Å². The molecule has 0 saturated heterocycles. The zero-order chi connectivity index (χ0) is 24.4. The summed E-state index contributed by atoms with van der Waals surface area (Å²) in [4.78, 5) is 42.0. The number of para-hydroxylation sites is 1. The van der Waals surface area contributed by atoms with Crippen molar-refractivity contribution >= 4 is 46.4 Å². The molecule has 0 radical (unpaired) electrons. The minimum absolute atomic E-state index is 0.0208. The molecule has 1 aliphatic heterocycles. The Balaban J connectivity index is 1.60. The molecule has 34 heavy (non-hydrogen) atoms. The van der Waals surface area contributed by atoms with Crippen molar-refractivity contribution in [2.45, 2.75) is 20.8 Å². The molecule has 3 aromatic rings. The Morgan fingerprint density at radius 3 is 2.38 bits per heavy atom. The molecule has 0 fully saturated rings. The summed E-state index contributed by atoms with van der Waals surface area (Å²) in [5, 5.41) is 2.77. The van der Waals surface area contributed by atoms with Gasteiger partial charge in [0.2, 0.25) is 0 Å². The van der Waals surface area contributed by atoms with E-state index in [1.165, 1.54) is 0 Å². The molecule has 0 unspecified atom stereocenters. The van der Waals surface area contributed by atoms with Gasteiger partial charge >= 0.3 is 0 Å². The highest BCUT2D eigenvalue weighted by molar-refractivity contribution is 6.53. The molecule has 1 heterocycles. The SMILES string of the molecule is CCN(C(=O)c1cccc(NC2=C(Cl)C(=O)N(c3cc(C)ccc3C)C2=O)c1)c1ccccc1. The van der Waals surface area contributed by atoms with Crippen molar-refractivity contribution < 1.29 is 14.4 Å². The molecule has 0 aliphatic carbocycles. The lowest BCUT2D eigenvalue weighted by Crippen LogP contribution is -2.33. The Hall–Kier alpha value is -3.90. The van der Waals surface area contributed by atoms with E-state index in [0.29, 0.717) is 23.5 Å². The third kappa shape index (κ3) is 4.32. The van der Waals surface area contributed by atoms with Gasteiger partial charge in [0.05, 0.1) is 5.69 Å². The number of halogens is 1. The molecule has 172 valence electrons. The zero-order valence-corrected chi connectivity index (χ0v) is 19.9. The molecule has 1 aliphatic rings. The van der Waals surface area contributed by atoms with E-state index in [0.717, 1.165) is 21.7 Å². The Bertz CT molecular complexity index is 1320. The lowest BCUT2D eigenvalue weighted by molar-refractivity contribution is -0.120. The first-order valence-electron chi connectivity index (χ1n) is 10.9. The number of anilines is 3. The minimum Gasteiger partial charge on any atom is -0.350 e.